The van der Waals surface area contributed by atoms with E-state index in [1.54, 1.807) is 17.2 Å². The van der Waals surface area contributed by atoms with Crippen LogP contribution in [0.15, 0.2) is 22.9 Å². The molecule has 0 spiro atoms. The first-order valence-corrected chi connectivity index (χ1v) is 8.94. The van der Waals surface area contributed by atoms with Gasteiger partial charge in [0.15, 0.2) is 5.82 Å². The van der Waals surface area contributed by atoms with E-state index in [2.05, 4.69) is 15.1 Å². The lowest BCUT2D eigenvalue weighted by Crippen LogP contribution is -2.47. The maximum atomic E-state index is 13.2. The van der Waals surface area contributed by atoms with Crippen LogP contribution in [0.1, 0.15) is 53.9 Å². The van der Waals surface area contributed by atoms with E-state index in [1.165, 1.54) is 0 Å². The highest BCUT2D eigenvalue weighted by Gasteiger charge is 2.40. The Morgan fingerprint density at radius 1 is 1.35 bits per heavy atom. The average Bonchev–Trinajstić information content (AvgIpc) is 3.39. The number of hydrogen-bond acceptors (Lipinski definition) is 7. The van der Waals surface area contributed by atoms with Crippen LogP contribution in [-0.4, -0.2) is 59.3 Å². The van der Waals surface area contributed by atoms with Gasteiger partial charge in [0.2, 0.25) is 0 Å². The number of nitrogens with zero attached hydrogens (tertiary/aromatic N) is 5. The molecule has 2 fully saturated rings. The third-order valence-electron chi connectivity index (χ3n) is 4.89. The number of carbonyl (C=O) groups is 1. The van der Waals surface area contributed by atoms with Gasteiger partial charge in [-0.25, -0.2) is 0 Å². The molecule has 1 saturated carbocycles. The number of rotatable bonds is 4. The number of amides is 1. The van der Waals surface area contributed by atoms with Crippen LogP contribution in [0.5, 0.6) is 0 Å². The van der Waals surface area contributed by atoms with Crippen molar-refractivity contribution >= 4 is 11.6 Å². The molecule has 2 aromatic rings. The average molecular weight is 357 g/mol. The van der Waals surface area contributed by atoms with Crippen molar-refractivity contribution in [3.63, 3.8) is 0 Å². The number of hydrogen-bond donors (Lipinski definition) is 0. The first kappa shape index (κ1) is 17.0. The van der Waals surface area contributed by atoms with Crippen molar-refractivity contribution in [1.82, 2.24) is 20.0 Å². The molecule has 1 aliphatic carbocycles. The molecule has 138 valence electrons. The van der Waals surface area contributed by atoms with Crippen LogP contribution in [-0.2, 0) is 4.74 Å². The van der Waals surface area contributed by atoms with Crippen LogP contribution in [0.25, 0.3) is 0 Å². The maximum Gasteiger partial charge on any atom is 0.273 e. The van der Waals surface area contributed by atoms with Gasteiger partial charge in [-0.05, 0) is 31.9 Å². The number of morpholine rings is 1. The Morgan fingerprint density at radius 3 is 2.88 bits per heavy atom. The summed E-state index contributed by atoms with van der Waals surface area (Å²) in [6, 6.07) is 3.26. The van der Waals surface area contributed by atoms with E-state index in [-0.39, 0.29) is 12.0 Å². The lowest BCUT2D eigenvalue weighted by molar-refractivity contribution is -0.0602. The largest absolute Gasteiger partial charge is 0.378 e. The normalized spacial score (nSPS) is 23.1. The van der Waals surface area contributed by atoms with Crippen molar-refractivity contribution in [2.24, 2.45) is 0 Å². The van der Waals surface area contributed by atoms with Crippen molar-refractivity contribution in [3.05, 3.63) is 35.7 Å². The molecule has 26 heavy (non-hydrogen) atoms. The molecule has 0 N–H and O–H groups in total. The fourth-order valence-electron chi connectivity index (χ4n) is 3.22. The SMILES string of the molecule is C[C@H]1OCCN(C(=O)c2cc(N(C)C)ccn2)[C@@H]1c1nc(C2CC2)no1. The van der Waals surface area contributed by atoms with Gasteiger partial charge in [-0.1, -0.05) is 5.16 Å². The fraction of sp³-hybridized carbons (Fsp3) is 0.556. The highest BCUT2D eigenvalue weighted by atomic mass is 16.5. The molecule has 1 aliphatic heterocycles. The zero-order valence-corrected chi connectivity index (χ0v) is 15.3. The molecule has 4 rings (SSSR count). The summed E-state index contributed by atoms with van der Waals surface area (Å²) in [5.74, 6) is 1.42. The van der Waals surface area contributed by atoms with Gasteiger partial charge in [0.25, 0.3) is 11.8 Å². The van der Waals surface area contributed by atoms with Gasteiger partial charge in [-0.2, -0.15) is 4.98 Å². The van der Waals surface area contributed by atoms with E-state index in [0.717, 1.165) is 24.4 Å². The summed E-state index contributed by atoms with van der Waals surface area (Å²) in [6.07, 6.45) is 3.62. The quantitative estimate of drug-likeness (QED) is 0.827. The topological polar surface area (TPSA) is 84.6 Å². The summed E-state index contributed by atoms with van der Waals surface area (Å²) in [5, 5.41) is 4.09. The summed E-state index contributed by atoms with van der Waals surface area (Å²) in [4.78, 5) is 25.6. The molecular formula is C18H23N5O3. The summed E-state index contributed by atoms with van der Waals surface area (Å²) < 4.78 is 11.2. The van der Waals surface area contributed by atoms with Crippen molar-refractivity contribution in [3.8, 4) is 0 Å². The van der Waals surface area contributed by atoms with Gasteiger partial charge >= 0.3 is 0 Å². The molecule has 8 nitrogen and oxygen atoms in total. The van der Waals surface area contributed by atoms with E-state index < -0.39 is 6.04 Å². The summed E-state index contributed by atoms with van der Waals surface area (Å²) >= 11 is 0. The number of carbonyl (C=O) groups excluding carboxylic acids is 1. The fourth-order valence-corrected chi connectivity index (χ4v) is 3.22. The van der Waals surface area contributed by atoms with Gasteiger partial charge in [0.1, 0.15) is 11.7 Å². The van der Waals surface area contributed by atoms with Crippen molar-refractivity contribution in [2.45, 2.75) is 37.8 Å². The van der Waals surface area contributed by atoms with Crippen LogP contribution >= 0.6 is 0 Å². The molecule has 1 saturated heterocycles. The van der Waals surface area contributed by atoms with E-state index in [4.69, 9.17) is 9.26 Å². The Bertz CT molecular complexity index is 802. The lowest BCUT2D eigenvalue weighted by Gasteiger charge is -2.37. The Balaban J connectivity index is 1.63. The number of pyridine rings is 1. The van der Waals surface area contributed by atoms with Gasteiger partial charge < -0.3 is 19.1 Å². The molecule has 0 radical (unpaired) electrons. The second kappa shape index (κ2) is 6.68. The molecule has 2 aliphatic rings. The van der Waals surface area contributed by atoms with Crippen molar-refractivity contribution in [1.29, 1.82) is 0 Å². The zero-order valence-electron chi connectivity index (χ0n) is 15.3. The van der Waals surface area contributed by atoms with E-state index >= 15 is 0 Å². The van der Waals surface area contributed by atoms with Gasteiger partial charge in [0.05, 0.1) is 12.7 Å². The third-order valence-corrected chi connectivity index (χ3v) is 4.89. The molecule has 0 unspecified atom stereocenters. The molecule has 0 aromatic carbocycles. The van der Waals surface area contributed by atoms with Crippen molar-refractivity contribution < 1.29 is 14.1 Å². The molecule has 3 heterocycles. The Labute approximate surface area is 152 Å². The predicted molar refractivity (Wildman–Crippen MR) is 94.0 cm³/mol. The Hall–Kier alpha value is -2.48. The van der Waals surface area contributed by atoms with Gasteiger partial charge in [0, 0.05) is 38.4 Å². The summed E-state index contributed by atoms with van der Waals surface area (Å²) in [5.41, 5.74) is 1.33. The number of aromatic nitrogens is 3. The first-order valence-electron chi connectivity index (χ1n) is 8.94. The minimum absolute atomic E-state index is 0.153. The van der Waals surface area contributed by atoms with E-state index in [9.17, 15) is 4.79 Å². The predicted octanol–water partition coefficient (Wildman–Crippen LogP) is 2.01. The highest BCUT2D eigenvalue weighted by molar-refractivity contribution is 5.93. The molecule has 8 heteroatoms. The molecule has 0 bridgehead atoms. The second-order valence-corrected chi connectivity index (χ2v) is 7.08. The number of ether oxygens (including phenoxy) is 1. The lowest BCUT2D eigenvalue weighted by atomic mass is 10.1. The minimum atomic E-state index is -0.402. The molecule has 2 atom stereocenters. The molecule has 1 amide bonds. The molecule has 2 aromatic heterocycles. The van der Waals surface area contributed by atoms with Gasteiger partial charge in [-0.15, -0.1) is 0 Å². The van der Waals surface area contributed by atoms with Crippen molar-refractivity contribution in [2.75, 3.05) is 32.1 Å². The Kier molecular flexibility index (Phi) is 4.36. The molecular weight excluding hydrogens is 334 g/mol. The van der Waals surface area contributed by atoms with Crippen LogP contribution < -0.4 is 4.90 Å². The monoisotopic (exact) mass is 357 g/mol. The van der Waals surface area contributed by atoms with Crippen LogP contribution in [0.2, 0.25) is 0 Å². The zero-order chi connectivity index (χ0) is 18.3. The van der Waals surface area contributed by atoms with Crippen LogP contribution in [0, 0.1) is 0 Å². The number of anilines is 1. The minimum Gasteiger partial charge on any atom is -0.378 e. The van der Waals surface area contributed by atoms with Crippen LogP contribution in [0.4, 0.5) is 5.69 Å². The van der Waals surface area contributed by atoms with Crippen LogP contribution in [0.3, 0.4) is 0 Å². The van der Waals surface area contributed by atoms with E-state index in [1.807, 2.05) is 32.0 Å². The first-order chi connectivity index (χ1) is 12.5. The van der Waals surface area contributed by atoms with E-state index in [0.29, 0.717) is 30.7 Å². The standard InChI is InChI=1S/C18H23N5O3/c1-11-15(17-20-16(21-26-17)12-4-5-12)23(8-9-25-11)18(24)14-10-13(22(2)3)6-7-19-14/h6-7,10-12,15H,4-5,8-9H2,1-3H3/t11-,15+/m1/s1. The smallest absolute Gasteiger partial charge is 0.273 e. The Morgan fingerprint density at radius 2 is 2.15 bits per heavy atom. The second-order valence-electron chi connectivity index (χ2n) is 7.08. The van der Waals surface area contributed by atoms with Gasteiger partial charge in [-0.3, -0.25) is 9.78 Å². The highest BCUT2D eigenvalue weighted by Crippen LogP contribution is 2.39. The third kappa shape index (κ3) is 3.16. The maximum absolute atomic E-state index is 13.2. The summed E-state index contributed by atoms with van der Waals surface area (Å²) in [7, 11) is 3.86. The summed E-state index contributed by atoms with van der Waals surface area (Å²) in [6.45, 7) is 2.86.